The summed E-state index contributed by atoms with van der Waals surface area (Å²) < 4.78 is 4.60. The first kappa shape index (κ1) is 10.2. The predicted molar refractivity (Wildman–Crippen MR) is 44.4 cm³/mol. The molecule has 0 aliphatic heterocycles. The topological polar surface area (TPSA) is 43.4 Å². The Labute approximate surface area is 70.8 Å². The minimum Gasteiger partial charge on any atom is -0.461 e. The van der Waals surface area contributed by atoms with E-state index < -0.39 is 5.97 Å². The molecule has 0 spiro atoms. The number of rotatable bonds is 4. The van der Waals surface area contributed by atoms with Crippen molar-refractivity contribution in [2.24, 2.45) is 0 Å². The van der Waals surface area contributed by atoms with E-state index in [1.165, 1.54) is 12.3 Å². The van der Waals surface area contributed by atoms with E-state index in [-0.39, 0.29) is 18.8 Å². The van der Waals surface area contributed by atoms with Gasteiger partial charge in [0, 0.05) is 0 Å². The van der Waals surface area contributed by atoms with Crippen molar-refractivity contribution in [2.75, 3.05) is 6.61 Å². The van der Waals surface area contributed by atoms with Crippen LogP contribution in [0, 0.1) is 0 Å². The molecule has 0 heterocycles. The van der Waals surface area contributed by atoms with Gasteiger partial charge in [0.2, 0.25) is 0 Å². The van der Waals surface area contributed by atoms with Gasteiger partial charge in [0.15, 0.2) is 0 Å². The maximum absolute atomic E-state index is 10.6. The van der Waals surface area contributed by atoms with Crippen molar-refractivity contribution in [1.82, 2.24) is 0 Å². The quantitative estimate of drug-likeness (QED) is 0.392. The summed E-state index contributed by atoms with van der Waals surface area (Å²) in [7, 11) is 0. The second kappa shape index (κ2) is 5.97. The van der Waals surface area contributed by atoms with E-state index in [0.29, 0.717) is 0 Å². The lowest BCUT2D eigenvalue weighted by Crippen LogP contribution is -2.08. The molecule has 0 unspecified atom stereocenters. The zero-order valence-corrected chi connectivity index (χ0v) is 7.14. The summed E-state index contributed by atoms with van der Waals surface area (Å²) in [6.07, 6.45) is 1.42. The van der Waals surface area contributed by atoms with E-state index in [1.54, 1.807) is 6.08 Å². The molecule has 0 aromatic heterocycles. The van der Waals surface area contributed by atoms with Crippen molar-refractivity contribution in [3.63, 3.8) is 0 Å². The van der Waals surface area contributed by atoms with Gasteiger partial charge in [-0.3, -0.25) is 9.59 Å². The first-order valence-corrected chi connectivity index (χ1v) is 3.62. The Kier molecular flexibility index (Phi) is 5.56. The average molecular weight is 174 g/mol. The van der Waals surface area contributed by atoms with Crippen LogP contribution in [0.5, 0.6) is 0 Å². The summed E-state index contributed by atoms with van der Waals surface area (Å²) in [6, 6.07) is 0. The third-order valence-electron chi connectivity index (χ3n) is 0.839. The lowest BCUT2D eigenvalue weighted by atomic mass is 10.3. The highest BCUT2D eigenvalue weighted by atomic mass is 32.1. The molecular weight excluding hydrogens is 164 g/mol. The third kappa shape index (κ3) is 7.12. The van der Waals surface area contributed by atoms with Crippen LogP contribution in [0.2, 0.25) is 0 Å². The van der Waals surface area contributed by atoms with Crippen molar-refractivity contribution in [2.45, 2.75) is 13.3 Å². The maximum atomic E-state index is 10.6. The van der Waals surface area contributed by atoms with Gasteiger partial charge >= 0.3 is 5.97 Å². The van der Waals surface area contributed by atoms with Crippen LogP contribution in [0.4, 0.5) is 0 Å². The molecule has 0 saturated carbocycles. The van der Waals surface area contributed by atoms with Gasteiger partial charge in [-0.1, -0.05) is 0 Å². The first-order chi connectivity index (χ1) is 5.16. The Morgan fingerprint density at radius 1 is 1.55 bits per heavy atom. The van der Waals surface area contributed by atoms with E-state index in [9.17, 15) is 9.59 Å². The Morgan fingerprint density at radius 3 is 2.64 bits per heavy atom. The predicted octanol–water partition coefficient (Wildman–Crippen LogP) is 0.952. The van der Waals surface area contributed by atoms with Crippen LogP contribution in [0.3, 0.4) is 0 Å². The summed E-state index contributed by atoms with van der Waals surface area (Å²) >= 11 is 3.75. The molecule has 11 heavy (non-hydrogen) atoms. The summed E-state index contributed by atoms with van der Waals surface area (Å²) in [5.74, 6) is -0.686. The fourth-order valence-electron chi connectivity index (χ4n) is 0.438. The van der Waals surface area contributed by atoms with Crippen LogP contribution >= 0.6 is 12.6 Å². The van der Waals surface area contributed by atoms with Gasteiger partial charge in [-0.2, -0.15) is 12.6 Å². The summed E-state index contributed by atoms with van der Waals surface area (Å²) in [4.78, 5) is 21.0. The molecule has 3 nitrogen and oxygen atoms in total. The number of hydrogen-bond acceptors (Lipinski definition) is 4. The Balaban J connectivity index is 3.45. The summed E-state index contributed by atoms with van der Waals surface area (Å²) in [6.45, 7) is 1.52. The van der Waals surface area contributed by atoms with Crippen molar-refractivity contribution in [1.29, 1.82) is 0 Å². The number of ketones is 1. The molecule has 0 fully saturated rings. The van der Waals surface area contributed by atoms with Gasteiger partial charge < -0.3 is 4.74 Å². The number of esters is 1. The SMILES string of the molecule is CC(=O)CC(=O)OCC=CS. The van der Waals surface area contributed by atoms with Crippen molar-refractivity contribution < 1.29 is 14.3 Å². The van der Waals surface area contributed by atoms with Crippen LogP contribution in [-0.4, -0.2) is 18.4 Å². The molecule has 0 saturated heterocycles. The molecule has 0 aliphatic rings. The monoisotopic (exact) mass is 174 g/mol. The Bertz CT molecular complexity index is 175. The molecule has 4 heteroatoms. The largest absolute Gasteiger partial charge is 0.461 e. The molecule has 0 bridgehead atoms. The van der Waals surface area contributed by atoms with Crippen LogP contribution in [0.1, 0.15) is 13.3 Å². The van der Waals surface area contributed by atoms with Crippen LogP contribution in [0.15, 0.2) is 11.5 Å². The van der Waals surface area contributed by atoms with Crippen molar-refractivity contribution in [3.05, 3.63) is 11.5 Å². The van der Waals surface area contributed by atoms with Crippen molar-refractivity contribution >= 4 is 24.4 Å². The highest BCUT2D eigenvalue weighted by molar-refractivity contribution is 7.83. The van der Waals surface area contributed by atoms with Crippen molar-refractivity contribution in [3.8, 4) is 0 Å². The van der Waals surface area contributed by atoms with Gasteiger partial charge in [0.25, 0.3) is 0 Å². The number of thiol groups is 1. The fraction of sp³-hybridized carbons (Fsp3) is 0.429. The molecule has 0 amide bonds. The Hall–Kier alpha value is -0.770. The van der Waals surface area contributed by atoms with Crippen LogP contribution in [-0.2, 0) is 14.3 Å². The number of hydrogen-bond donors (Lipinski definition) is 1. The highest BCUT2D eigenvalue weighted by Crippen LogP contribution is 1.88. The number of carbonyl (C=O) groups is 2. The van der Waals surface area contributed by atoms with E-state index in [2.05, 4.69) is 17.4 Å². The lowest BCUT2D eigenvalue weighted by Gasteiger charge is -1.97. The van der Waals surface area contributed by atoms with Gasteiger partial charge in [-0.05, 0) is 18.4 Å². The van der Waals surface area contributed by atoms with Crippen LogP contribution in [0.25, 0.3) is 0 Å². The molecule has 0 aromatic carbocycles. The molecule has 0 rings (SSSR count). The zero-order chi connectivity index (χ0) is 8.69. The molecule has 0 N–H and O–H groups in total. The van der Waals surface area contributed by atoms with E-state index in [0.717, 1.165) is 0 Å². The standard InChI is InChI=1S/C7H10O3S/c1-6(8)5-7(9)10-3-2-4-11/h2,4,11H,3,5H2,1H3. The lowest BCUT2D eigenvalue weighted by molar-refractivity contribution is -0.144. The highest BCUT2D eigenvalue weighted by Gasteiger charge is 2.03. The van der Waals surface area contributed by atoms with Gasteiger partial charge in [-0.25, -0.2) is 0 Å². The summed E-state index contributed by atoms with van der Waals surface area (Å²) in [5, 5.41) is 1.47. The minimum atomic E-state index is -0.496. The van der Waals surface area contributed by atoms with E-state index >= 15 is 0 Å². The van der Waals surface area contributed by atoms with Gasteiger partial charge in [-0.15, -0.1) is 0 Å². The third-order valence-corrected chi connectivity index (χ3v) is 1.05. The normalized spacial score (nSPS) is 10.0. The van der Waals surface area contributed by atoms with Crippen LogP contribution < -0.4 is 0 Å². The number of carbonyl (C=O) groups excluding carboxylic acids is 2. The fourth-order valence-corrected chi connectivity index (χ4v) is 0.524. The molecule has 0 aliphatic carbocycles. The molecule has 0 atom stereocenters. The van der Waals surface area contributed by atoms with E-state index in [4.69, 9.17) is 0 Å². The zero-order valence-electron chi connectivity index (χ0n) is 6.24. The smallest absolute Gasteiger partial charge is 0.313 e. The van der Waals surface area contributed by atoms with E-state index in [1.807, 2.05) is 0 Å². The molecule has 0 aromatic rings. The Morgan fingerprint density at radius 2 is 2.18 bits per heavy atom. The summed E-state index contributed by atoms with van der Waals surface area (Å²) in [5.41, 5.74) is 0. The van der Waals surface area contributed by atoms with Gasteiger partial charge in [0.05, 0.1) is 0 Å². The molecular formula is C7H10O3S. The first-order valence-electron chi connectivity index (χ1n) is 3.11. The molecule has 62 valence electrons. The second-order valence-electron chi connectivity index (χ2n) is 1.95. The number of Topliss-reactive ketones (excluding diaryl/α,β-unsaturated/α-hetero) is 1. The average Bonchev–Trinajstić information content (AvgIpc) is 1.86. The number of ether oxygens (including phenoxy) is 1. The van der Waals surface area contributed by atoms with Gasteiger partial charge in [0.1, 0.15) is 18.8 Å². The minimum absolute atomic E-state index is 0.152. The second-order valence-corrected chi connectivity index (χ2v) is 2.24. The maximum Gasteiger partial charge on any atom is 0.313 e. The molecule has 0 radical (unpaired) electrons.